The van der Waals surface area contributed by atoms with E-state index in [1.807, 2.05) is 0 Å². The highest BCUT2D eigenvalue weighted by atomic mass is 35.5. The zero-order valence-electron chi connectivity index (χ0n) is 13.6. The molecular weight excluding hydrogens is 343 g/mol. The van der Waals surface area contributed by atoms with Crippen LogP contribution in [0.15, 0.2) is 48.5 Å². The van der Waals surface area contributed by atoms with Gasteiger partial charge in [-0.25, -0.2) is 4.39 Å². The number of aromatic nitrogens is 1. The van der Waals surface area contributed by atoms with Crippen LogP contribution >= 0.6 is 11.6 Å². The molecule has 2 aromatic carbocycles. The summed E-state index contributed by atoms with van der Waals surface area (Å²) in [5.41, 5.74) is 1.54. The first-order valence-corrected chi connectivity index (χ1v) is 8.14. The van der Waals surface area contributed by atoms with E-state index in [0.717, 1.165) is 5.39 Å². The highest BCUT2D eigenvalue weighted by molar-refractivity contribution is 6.30. The van der Waals surface area contributed by atoms with Crippen molar-refractivity contribution in [1.82, 2.24) is 10.3 Å². The van der Waals surface area contributed by atoms with E-state index in [1.54, 1.807) is 43.3 Å². The molecule has 0 bridgehead atoms. The van der Waals surface area contributed by atoms with Crippen molar-refractivity contribution in [2.75, 3.05) is 13.2 Å². The second kappa shape index (κ2) is 7.49. The number of amides is 1. The molecule has 3 rings (SSSR count). The minimum Gasteiger partial charge on any atom is -0.492 e. The van der Waals surface area contributed by atoms with Crippen molar-refractivity contribution < 1.29 is 13.9 Å². The molecule has 0 aliphatic carbocycles. The Bertz CT molecular complexity index is 913. The van der Waals surface area contributed by atoms with Gasteiger partial charge in [-0.1, -0.05) is 11.6 Å². The minimum atomic E-state index is -0.351. The highest BCUT2D eigenvalue weighted by Gasteiger charge is 2.11. The molecule has 0 saturated carbocycles. The second-order valence-corrected chi connectivity index (χ2v) is 5.95. The number of hydrogen-bond donors (Lipinski definition) is 1. The summed E-state index contributed by atoms with van der Waals surface area (Å²) in [4.78, 5) is 16.6. The number of benzene rings is 2. The van der Waals surface area contributed by atoms with Gasteiger partial charge in [0.15, 0.2) is 0 Å². The lowest BCUT2D eigenvalue weighted by atomic mass is 10.1. The average Bonchev–Trinajstić information content (AvgIpc) is 2.59. The lowest BCUT2D eigenvalue weighted by molar-refractivity contribution is 0.0946. The molecule has 1 heterocycles. The molecular formula is C19H16ClFN2O2. The first-order chi connectivity index (χ1) is 12.0. The van der Waals surface area contributed by atoms with Gasteiger partial charge in [-0.3, -0.25) is 9.78 Å². The number of nitrogens with zero attached hydrogens (tertiary/aromatic N) is 1. The number of hydrogen-bond acceptors (Lipinski definition) is 3. The summed E-state index contributed by atoms with van der Waals surface area (Å²) in [6, 6.07) is 13.0. The van der Waals surface area contributed by atoms with Crippen LogP contribution in [0.2, 0.25) is 5.02 Å². The van der Waals surface area contributed by atoms with Crippen molar-refractivity contribution in [3.05, 3.63) is 70.6 Å². The minimum absolute atomic E-state index is 0.240. The molecule has 0 radical (unpaired) electrons. The van der Waals surface area contributed by atoms with E-state index >= 15 is 0 Å². The Hall–Kier alpha value is -2.66. The predicted molar refractivity (Wildman–Crippen MR) is 95.7 cm³/mol. The quantitative estimate of drug-likeness (QED) is 0.697. The van der Waals surface area contributed by atoms with E-state index in [4.69, 9.17) is 16.3 Å². The van der Waals surface area contributed by atoms with Crippen LogP contribution in [0.25, 0.3) is 10.9 Å². The number of carbonyl (C=O) groups is 1. The van der Waals surface area contributed by atoms with Crippen molar-refractivity contribution in [2.45, 2.75) is 6.92 Å². The third-order valence-corrected chi connectivity index (χ3v) is 3.94. The number of pyridine rings is 1. The summed E-state index contributed by atoms with van der Waals surface area (Å²) in [6.45, 7) is 2.41. The molecule has 0 aliphatic heterocycles. The number of rotatable bonds is 5. The molecule has 0 spiro atoms. The summed E-state index contributed by atoms with van der Waals surface area (Å²) >= 11 is 5.81. The van der Waals surface area contributed by atoms with Gasteiger partial charge >= 0.3 is 0 Å². The van der Waals surface area contributed by atoms with E-state index in [2.05, 4.69) is 10.3 Å². The van der Waals surface area contributed by atoms with Crippen LogP contribution in [-0.4, -0.2) is 24.0 Å². The molecule has 1 aromatic heterocycles. The van der Waals surface area contributed by atoms with Gasteiger partial charge in [0.05, 0.1) is 23.3 Å². The topological polar surface area (TPSA) is 51.2 Å². The molecule has 0 saturated heterocycles. The van der Waals surface area contributed by atoms with Gasteiger partial charge in [0.1, 0.15) is 18.2 Å². The first-order valence-electron chi connectivity index (χ1n) is 7.76. The molecule has 4 nitrogen and oxygen atoms in total. The van der Waals surface area contributed by atoms with E-state index in [0.29, 0.717) is 40.7 Å². The van der Waals surface area contributed by atoms with Crippen LogP contribution in [-0.2, 0) is 0 Å². The van der Waals surface area contributed by atoms with Gasteiger partial charge in [-0.15, -0.1) is 0 Å². The van der Waals surface area contributed by atoms with Crippen LogP contribution in [0.5, 0.6) is 5.75 Å². The van der Waals surface area contributed by atoms with Crippen LogP contribution in [0.3, 0.4) is 0 Å². The number of fused-ring (bicyclic) bond motifs is 1. The lowest BCUT2D eigenvalue weighted by Crippen LogP contribution is -2.28. The fourth-order valence-electron chi connectivity index (χ4n) is 2.43. The summed E-state index contributed by atoms with van der Waals surface area (Å²) < 4.78 is 18.8. The van der Waals surface area contributed by atoms with Crippen molar-refractivity contribution in [3.63, 3.8) is 0 Å². The zero-order valence-corrected chi connectivity index (χ0v) is 14.3. The molecule has 0 atom stereocenters. The van der Waals surface area contributed by atoms with Gasteiger partial charge in [0.2, 0.25) is 0 Å². The third kappa shape index (κ3) is 4.25. The Morgan fingerprint density at radius 2 is 1.96 bits per heavy atom. The molecule has 25 heavy (non-hydrogen) atoms. The summed E-state index contributed by atoms with van der Waals surface area (Å²) in [5, 5.41) is 4.15. The van der Waals surface area contributed by atoms with Crippen molar-refractivity contribution >= 4 is 28.4 Å². The number of halogens is 2. The summed E-state index contributed by atoms with van der Waals surface area (Å²) in [7, 11) is 0. The van der Waals surface area contributed by atoms with E-state index in [-0.39, 0.29) is 11.7 Å². The Morgan fingerprint density at radius 1 is 1.20 bits per heavy atom. The monoisotopic (exact) mass is 358 g/mol. The second-order valence-electron chi connectivity index (χ2n) is 5.52. The first kappa shape index (κ1) is 17.2. The van der Waals surface area contributed by atoms with Gasteiger partial charge in [0.25, 0.3) is 5.91 Å². The highest BCUT2D eigenvalue weighted by Crippen LogP contribution is 2.18. The van der Waals surface area contributed by atoms with Crippen molar-refractivity contribution in [2.24, 2.45) is 0 Å². The van der Waals surface area contributed by atoms with E-state index in [1.165, 1.54) is 12.1 Å². The Labute approximate surface area is 149 Å². The zero-order chi connectivity index (χ0) is 17.8. The number of aryl methyl sites for hydroxylation is 1. The molecule has 0 fully saturated rings. The van der Waals surface area contributed by atoms with Crippen LogP contribution in [0, 0.1) is 12.7 Å². The van der Waals surface area contributed by atoms with Crippen LogP contribution < -0.4 is 10.1 Å². The molecule has 3 aromatic rings. The third-order valence-electron chi connectivity index (χ3n) is 3.68. The van der Waals surface area contributed by atoms with Crippen LogP contribution in [0.1, 0.15) is 16.1 Å². The Kier molecular flexibility index (Phi) is 5.14. The van der Waals surface area contributed by atoms with Gasteiger partial charge in [-0.05, 0) is 49.4 Å². The fourth-order valence-corrected chi connectivity index (χ4v) is 2.55. The van der Waals surface area contributed by atoms with Gasteiger partial charge in [0, 0.05) is 16.5 Å². The maximum absolute atomic E-state index is 13.3. The predicted octanol–water partition coefficient (Wildman–Crippen LogP) is 4.14. The summed E-state index contributed by atoms with van der Waals surface area (Å²) in [6.07, 6.45) is 0. The standard InChI is InChI=1S/C19H16ClFN2O2/c1-12-17(10-13-2-5-15(21)11-18(13)23-12)19(24)22-8-9-25-16-6-3-14(20)4-7-16/h2-7,10-11H,8-9H2,1H3,(H,22,24). The van der Waals surface area contributed by atoms with Crippen LogP contribution in [0.4, 0.5) is 4.39 Å². The average molecular weight is 359 g/mol. The molecule has 0 unspecified atom stereocenters. The number of ether oxygens (including phenoxy) is 1. The maximum atomic E-state index is 13.3. The van der Waals surface area contributed by atoms with E-state index in [9.17, 15) is 9.18 Å². The van der Waals surface area contributed by atoms with Crippen molar-refractivity contribution in [3.8, 4) is 5.75 Å². The Balaban J connectivity index is 1.61. The smallest absolute Gasteiger partial charge is 0.253 e. The lowest BCUT2D eigenvalue weighted by Gasteiger charge is -2.10. The summed E-state index contributed by atoms with van der Waals surface area (Å²) in [5.74, 6) is 0.0936. The Morgan fingerprint density at radius 3 is 2.72 bits per heavy atom. The van der Waals surface area contributed by atoms with Gasteiger partial charge in [-0.2, -0.15) is 0 Å². The van der Waals surface area contributed by atoms with Crippen molar-refractivity contribution in [1.29, 1.82) is 0 Å². The number of carbonyl (C=O) groups excluding carboxylic acids is 1. The fraction of sp³-hybridized carbons (Fsp3) is 0.158. The van der Waals surface area contributed by atoms with E-state index < -0.39 is 0 Å². The maximum Gasteiger partial charge on any atom is 0.253 e. The molecule has 6 heteroatoms. The largest absolute Gasteiger partial charge is 0.492 e. The normalized spacial score (nSPS) is 10.7. The number of nitrogens with one attached hydrogen (secondary N) is 1. The molecule has 0 aliphatic rings. The molecule has 1 N–H and O–H groups in total. The molecule has 1 amide bonds. The molecule has 128 valence electrons. The SMILES string of the molecule is Cc1nc2cc(F)ccc2cc1C(=O)NCCOc1ccc(Cl)cc1. The van der Waals surface area contributed by atoms with Gasteiger partial charge < -0.3 is 10.1 Å².